The van der Waals surface area contributed by atoms with E-state index in [1.165, 1.54) is 17.1 Å². The molecule has 168 valence electrons. The van der Waals surface area contributed by atoms with Crippen LogP contribution >= 0.6 is 0 Å². The summed E-state index contributed by atoms with van der Waals surface area (Å²) in [6, 6.07) is 24.0. The van der Waals surface area contributed by atoms with E-state index < -0.39 is 0 Å². The van der Waals surface area contributed by atoms with Gasteiger partial charge in [-0.05, 0) is 57.3 Å². The lowest BCUT2D eigenvalue weighted by molar-refractivity contribution is 0.0933. The first-order valence-electron chi connectivity index (χ1n) is 11.0. The zero-order valence-corrected chi connectivity index (χ0v) is 19.7. The fourth-order valence-electron chi connectivity index (χ4n) is 4.05. The third-order valence-electron chi connectivity index (χ3n) is 6.09. The quantitative estimate of drug-likeness (QED) is 0.382. The fraction of sp³-hybridized carbons (Fsp3) is 0.214. The number of aryl methyl sites for hydroxylation is 1. The van der Waals surface area contributed by atoms with Crippen molar-refractivity contribution >= 4 is 28.2 Å². The lowest BCUT2D eigenvalue weighted by atomic mass is 10.00. The minimum absolute atomic E-state index is 0.0939. The first-order chi connectivity index (χ1) is 15.8. The van der Waals surface area contributed by atoms with E-state index in [-0.39, 0.29) is 17.8 Å². The molecule has 0 fully saturated rings. The highest BCUT2D eigenvalue weighted by molar-refractivity contribution is 6.23. The molecule has 0 aliphatic carbocycles. The first-order valence-corrected chi connectivity index (χ1v) is 11.0. The molecule has 5 nitrogen and oxygen atoms in total. The van der Waals surface area contributed by atoms with Crippen molar-refractivity contribution in [3.8, 4) is 5.88 Å². The number of benzene rings is 3. The second kappa shape index (κ2) is 9.04. The topological polar surface area (TPSA) is 57.8 Å². The highest BCUT2D eigenvalue weighted by Gasteiger charge is 2.24. The molecule has 0 saturated carbocycles. The summed E-state index contributed by atoms with van der Waals surface area (Å²) in [6.45, 7) is 5.58. The molecule has 3 aromatic carbocycles. The molecule has 5 heteroatoms. The summed E-state index contributed by atoms with van der Waals surface area (Å²) in [5.41, 5.74) is 5.70. The Kier molecular flexibility index (Phi) is 6.16. The average molecular weight is 440 g/mol. The lowest BCUT2D eigenvalue weighted by Gasteiger charge is -2.20. The van der Waals surface area contributed by atoms with E-state index in [0.29, 0.717) is 16.8 Å². The van der Waals surface area contributed by atoms with Crippen molar-refractivity contribution in [2.45, 2.75) is 26.8 Å². The van der Waals surface area contributed by atoms with Gasteiger partial charge in [0.05, 0.1) is 22.5 Å². The molecule has 0 aliphatic heterocycles. The molecule has 1 atom stereocenters. The van der Waals surface area contributed by atoms with Crippen molar-refractivity contribution in [3.05, 3.63) is 95.1 Å². The molecule has 1 heterocycles. The summed E-state index contributed by atoms with van der Waals surface area (Å²) < 4.78 is 1.36. The molecule has 1 N–H and O–H groups in total. The van der Waals surface area contributed by atoms with Crippen LogP contribution in [-0.2, 0) is 0 Å². The van der Waals surface area contributed by atoms with E-state index in [0.717, 1.165) is 22.2 Å². The Morgan fingerprint density at radius 3 is 2.27 bits per heavy atom. The Morgan fingerprint density at radius 2 is 1.67 bits per heavy atom. The van der Waals surface area contributed by atoms with Crippen molar-refractivity contribution in [2.75, 3.05) is 14.1 Å². The largest absolute Gasteiger partial charge is 0.494 e. The number of aliphatic imine (C=N–C) groups is 1. The molecular weight excluding hydrogens is 410 g/mol. The van der Waals surface area contributed by atoms with Crippen LogP contribution in [0.5, 0.6) is 5.88 Å². The summed E-state index contributed by atoms with van der Waals surface area (Å²) in [7, 11) is 4.11. The molecule has 0 aliphatic rings. The van der Waals surface area contributed by atoms with Gasteiger partial charge >= 0.3 is 0 Å². The minimum atomic E-state index is -0.246. The first kappa shape index (κ1) is 22.5. The standard InChI is InChI=1S/C28H29N3O2/c1-18-11-16-24-25(17-18)31(20(3)32)28(33)26(24)27(22-9-7-6-8-10-22)29-23-14-12-21(13-15-23)19(2)30(4)5/h6-17,19,33H,1-5H3/t19-/m0/s1. The van der Waals surface area contributed by atoms with Crippen LogP contribution in [0.15, 0.2) is 77.8 Å². The number of hydrogen-bond donors (Lipinski definition) is 1. The monoisotopic (exact) mass is 439 g/mol. The summed E-state index contributed by atoms with van der Waals surface area (Å²) in [5, 5.41) is 12.0. The SMILES string of the molecule is CC(=O)n1c(O)c(C(=Nc2ccc([C@H](C)N(C)C)cc2)c2ccccc2)c2ccc(C)cc21. The minimum Gasteiger partial charge on any atom is -0.494 e. The molecule has 0 spiro atoms. The predicted molar refractivity (Wildman–Crippen MR) is 135 cm³/mol. The summed E-state index contributed by atoms with van der Waals surface area (Å²) in [4.78, 5) is 19.6. The normalized spacial score (nSPS) is 13.0. The number of carbonyl (C=O) groups excluding carboxylic acids is 1. The van der Waals surface area contributed by atoms with Crippen molar-refractivity contribution in [3.63, 3.8) is 0 Å². The highest BCUT2D eigenvalue weighted by Crippen LogP contribution is 2.35. The predicted octanol–water partition coefficient (Wildman–Crippen LogP) is 6.11. The van der Waals surface area contributed by atoms with Gasteiger partial charge in [0.1, 0.15) is 0 Å². The van der Waals surface area contributed by atoms with Crippen LogP contribution in [0.25, 0.3) is 10.9 Å². The number of rotatable bonds is 5. The van der Waals surface area contributed by atoms with E-state index >= 15 is 0 Å². The highest BCUT2D eigenvalue weighted by atomic mass is 16.3. The number of fused-ring (bicyclic) bond motifs is 1. The van der Waals surface area contributed by atoms with Crippen LogP contribution in [-0.4, -0.2) is 40.3 Å². The molecule has 0 radical (unpaired) electrons. The van der Waals surface area contributed by atoms with Gasteiger partial charge in [0, 0.05) is 23.9 Å². The third kappa shape index (κ3) is 4.32. The van der Waals surface area contributed by atoms with Gasteiger partial charge in [0.2, 0.25) is 11.8 Å². The number of aromatic hydroxyl groups is 1. The average Bonchev–Trinajstić information content (AvgIpc) is 3.08. The summed E-state index contributed by atoms with van der Waals surface area (Å²) in [6.07, 6.45) is 0. The molecule has 0 amide bonds. The van der Waals surface area contributed by atoms with Gasteiger partial charge in [-0.2, -0.15) is 0 Å². The third-order valence-corrected chi connectivity index (χ3v) is 6.09. The zero-order valence-electron chi connectivity index (χ0n) is 19.7. The maximum absolute atomic E-state index is 12.4. The molecule has 4 aromatic rings. The number of aromatic nitrogens is 1. The Labute approximate surface area is 194 Å². The number of carbonyl (C=O) groups is 1. The molecular formula is C28H29N3O2. The maximum atomic E-state index is 12.4. The van der Waals surface area contributed by atoms with Gasteiger partial charge in [0.15, 0.2) is 0 Å². The Morgan fingerprint density at radius 1 is 1.00 bits per heavy atom. The van der Waals surface area contributed by atoms with Crippen LogP contribution in [0.3, 0.4) is 0 Å². The van der Waals surface area contributed by atoms with Crippen LogP contribution in [0.2, 0.25) is 0 Å². The van der Waals surface area contributed by atoms with Crippen LogP contribution in [0, 0.1) is 6.92 Å². The Balaban J connectivity index is 1.95. The molecule has 0 saturated heterocycles. The van der Waals surface area contributed by atoms with Gasteiger partial charge in [-0.1, -0.05) is 54.6 Å². The molecule has 1 aromatic heterocycles. The summed E-state index contributed by atoms with van der Waals surface area (Å²) >= 11 is 0. The Bertz CT molecular complexity index is 1330. The Hall–Kier alpha value is -3.70. The van der Waals surface area contributed by atoms with E-state index in [1.807, 2.05) is 67.6 Å². The van der Waals surface area contributed by atoms with Gasteiger partial charge in [-0.15, -0.1) is 0 Å². The second-order valence-electron chi connectivity index (χ2n) is 8.63. The van der Waals surface area contributed by atoms with E-state index in [9.17, 15) is 9.90 Å². The molecule has 33 heavy (non-hydrogen) atoms. The van der Waals surface area contributed by atoms with Gasteiger partial charge < -0.3 is 10.0 Å². The number of nitrogens with zero attached hydrogens (tertiary/aromatic N) is 3. The van der Waals surface area contributed by atoms with Crippen molar-refractivity contribution in [1.29, 1.82) is 0 Å². The summed E-state index contributed by atoms with van der Waals surface area (Å²) in [5.74, 6) is -0.340. The zero-order chi connectivity index (χ0) is 23.7. The smallest absolute Gasteiger partial charge is 0.230 e. The van der Waals surface area contributed by atoms with Gasteiger partial charge in [-0.3, -0.25) is 9.36 Å². The van der Waals surface area contributed by atoms with Gasteiger partial charge in [0.25, 0.3) is 0 Å². The fourth-order valence-corrected chi connectivity index (χ4v) is 4.05. The molecule has 4 rings (SSSR count). The lowest BCUT2D eigenvalue weighted by Crippen LogP contribution is -2.16. The van der Waals surface area contributed by atoms with Crippen LogP contribution in [0.4, 0.5) is 5.69 Å². The van der Waals surface area contributed by atoms with Crippen molar-refractivity contribution < 1.29 is 9.90 Å². The molecule has 0 unspecified atom stereocenters. The second-order valence-corrected chi connectivity index (χ2v) is 8.63. The maximum Gasteiger partial charge on any atom is 0.230 e. The molecule has 0 bridgehead atoms. The number of hydrogen-bond acceptors (Lipinski definition) is 4. The van der Waals surface area contributed by atoms with E-state index in [2.05, 4.69) is 38.1 Å². The van der Waals surface area contributed by atoms with Crippen LogP contribution < -0.4 is 0 Å². The van der Waals surface area contributed by atoms with Crippen molar-refractivity contribution in [2.24, 2.45) is 4.99 Å². The van der Waals surface area contributed by atoms with Crippen molar-refractivity contribution in [1.82, 2.24) is 9.47 Å². The van der Waals surface area contributed by atoms with E-state index in [1.54, 1.807) is 0 Å². The van der Waals surface area contributed by atoms with E-state index in [4.69, 9.17) is 4.99 Å². The van der Waals surface area contributed by atoms with Gasteiger partial charge in [-0.25, -0.2) is 4.99 Å². The van der Waals surface area contributed by atoms with Crippen LogP contribution in [0.1, 0.15) is 46.9 Å².